The maximum Gasteiger partial charge on any atom is 0.336 e. The summed E-state index contributed by atoms with van der Waals surface area (Å²) in [6.07, 6.45) is 0.990. The van der Waals surface area contributed by atoms with Gasteiger partial charge in [0.2, 0.25) is 5.91 Å². The SMILES string of the molecule is COC(C)CCC(=O)Nc1ccc(C)c(C(=O)O)c1. The van der Waals surface area contributed by atoms with Crippen LogP contribution in [-0.4, -0.2) is 30.2 Å². The number of aryl methyl sites for hydroxylation is 1. The first-order chi connectivity index (χ1) is 8.93. The molecule has 0 aliphatic heterocycles. The van der Waals surface area contributed by atoms with Crippen molar-refractivity contribution >= 4 is 17.6 Å². The number of carbonyl (C=O) groups excluding carboxylic acids is 1. The van der Waals surface area contributed by atoms with Crippen LogP contribution >= 0.6 is 0 Å². The van der Waals surface area contributed by atoms with Gasteiger partial charge in [-0.15, -0.1) is 0 Å². The van der Waals surface area contributed by atoms with E-state index in [4.69, 9.17) is 9.84 Å². The van der Waals surface area contributed by atoms with Crippen molar-refractivity contribution in [2.24, 2.45) is 0 Å². The second kappa shape index (κ2) is 6.89. The van der Waals surface area contributed by atoms with Crippen molar-refractivity contribution < 1.29 is 19.4 Å². The van der Waals surface area contributed by atoms with Gasteiger partial charge in [0.05, 0.1) is 11.7 Å². The van der Waals surface area contributed by atoms with Gasteiger partial charge in [0.25, 0.3) is 0 Å². The molecule has 0 radical (unpaired) electrons. The van der Waals surface area contributed by atoms with Crippen LogP contribution in [0.15, 0.2) is 18.2 Å². The normalized spacial score (nSPS) is 11.9. The first-order valence-corrected chi connectivity index (χ1v) is 6.10. The van der Waals surface area contributed by atoms with Crippen LogP contribution in [0.2, 0.25) is 0 Å². The molecule has 0 aliphatic carbocycles. The van der Waals surface area contributed by atoms with Crippen LogP contribution in [0.5, 0.6) is 0 Å². The fourth-order valence-corrected chi connectivity index (χ4v) is 1.61. The molecule has 1 unspecified atom stereocenters. The Labute approximate surface area is 112 Å². The van der Waals surface area contributed by atoms with Crippen LogP contribution in [0, 0.1) is 6.92 Å². The Kier molecular flexibility index (Phi) is 5.51. The summed E-state index contributed by atoms with van der Waals surface area (Å²) in [4.78, 5) is 22.7. The zero-order valence-electron chi connectivity index (χ0n) is 11.4. The van der Waals surface area contributed by atoms with Crippen LogP contribution in [0.1, 0.15) is 35.7 Å². The number of ether oxygens (including phenoxy) is 1. The first-order valence-electron chi connectivity index (χ1n) is 6.10. The fourth-order valence-electron chi connectivity index (χ4n) is 1.61. The Bertz CT molecular complexity index is 471. The van der Waals surface area contributed by atoms with E-state index < -0.39 is 5.97 Å². The zero-order chi connectivity index (χ0) is 14.4. The summed E-state index contributed by atoms with van der Waals surface area (Å²) in [5.41, 5.74) is 1.36. The van der Waals surface area contributed by atoms with Crippen molar-refractivity contribution in [3.8, 4) is 0 Å². The lowest BCUT2D eigenvalue weighted by atomic mass is 10.1. The smallest absolute Gasteiger partial charge is 0.336 e. The van der Waals surface area contributed by atoms with Crippen LogP contribution < -0.4 is 5.32 Å². The predicted molar refractivity (Wildman–Crippen MR) is 72.5 cm³/mol. The third-order valence-electron chi connectivity index (χ3n) is 2.93. The first kappa shape index (κ1) is 15.2. The van der Waals surface area contributed by atoms with Gasteiger partial charge in [-0.25, -0.2) is 4.79 Å². The van der Waals surface area contributed by atoms with Crippen LogP contribution in [0.3, 0.4) is 0 Å². The molecule has 0 heterocycles. The molecule has 1 rings (SSSR count). The summed E-state index contributed by atoms with van der Waals surface area (Å²) in [6, 6.07) is 4.84. The molecule has 0 spiro atoms. The number of carboxylic acids is 1. The fraction of sp³-hybridized carbons (Fsp3) is 0.429. The molecule has 5 heteroatoms. The van der Waals surface area contributed by atoms with Gasteiger partial charge in [-0.3, -0.25) is 4.79 Å². The minimum Gasteiger partial charge on any atom is -0.478 e. The summed E-state index contributed by atoms with van der Waals surface area (Å²) in [6.45, 7) is 3.61. The van der Waals surface area contributed by atoms with E-state index in [9.17, 15) is 9.59 Å². The number of benzene rings is 1. The van der Waals surface area contributed by atoms with Gasteiger partial charge in [0.1, 0.15) is 0 Å². The summed E-state index contributed by atoms with van der Waals surface area (Å²) < 4.78 is 5.06. The highest BCUT2D eigenvalue weighted by Gasteiger charge is 2.10. The molecular formula is C14H19NO4. The lowest BCUT2D eigenvalue weighted by Gasteiger charge is -2.10. The van der Waals surface area contributed by atoms with Gasteiger partial charge in [-0.1, -0.05) is 6.07 Å². The average Bonchev–Trinajstić information content (AvgIpc) is 2.37. The summed E-state index contributed by atoms with van der Waals surface area (Å²) in [5.74, 6) is -1.15. The molecule has 2 N–H and O–H groups in total. The number of rotatable bonds is 6. The van der Waals surface area contributed by atoms with Gasteiger partial charge < -0.3 is 15.2 Å². The quantitative estimate of drug-likeness (QED) is 0.828. The number of amides is 1. The predicted octanol–water partition coefficient (Wildman–Crippen LogP) is 2.45. The number of nitrogens with one attached hydrogen (secondary N) is 1. The van der Waals surface area contributed by atoms with Crippen molar-refractivity contribution in [2.45, 2.75) is 32.8 Å². The Balaban J connectivity index is 2.64. The van der Waals surface area contributed by atoms with Crippen LogP contribution in [-0.2, 0) is 9.53 Å². The van der Waals surface area contributed by atoms with E-state index in [1.54, 1.807) is 26.2 Å². The number of hydrogen-bond donors (Lipinski definition) is 2. The van der Waals surface area contributed by atoms with E-state index in [1.165, 1.54) is 6.07 Å². The largest absolute Gasteiger partial charge is 0.478 e. The number of carboxylic acid groups (broad SMARTS) is 1. The molecule has 1 aromatic rings. The summed E-state index contributed by atoms with van der Waals surface area (Å²) >= 11 is 0. The number of aromatic carboxylic acids is 1. The third-order valence-corrected chi connectivity index (χ3v) is 2.93. The number of hydrogen-bond acceptors (Lipinski definition) is 3. The number of methoxy groups -OCH3 is 1. The number of carbonyl (C=O) groups is 2. The minimum atomic E-state index is -0.999. The lowest BCUT2D eigenvalue weighted by Crippen LogP contribution is -2.15. The van der Waals surface area contributed by atoms with Gasteiger partial charge in [0.15, 0.2) is 0 Å². The Hall–Kier alpha value is -1.88. The summed E-state index contributed by atoms with van der Waals surface area (Å²) in [5, 5.41) is 11.7. The molecule has 0 saturated carbocycles. The van der Waals surface area contributed by atoms with Gasteiger partial charge in [0, 0.05) is 19.2 Å². The van der Waals surface area contributed by atoms with Crippen molar-refractivity contribution in [3.63, 3.8) is 0 Å². The van der Waals surface area contributed by atoms with E-state index in [-0.39, 0.29) is 17.6 Å². The molecule has 104 valence electrons. The van der Waals surface area contributed by atoms with E-state index in [0.29, 0.717) is 24.1 Å². The molecule has 0 fully saturated rings. The molecule has 0 saturated heterocycles. The van der Waals surface area contributed by atoms with E-state index in [0.717, 1.165) is 0 Å². The van der Waals surface area contributed by atoms with E-state index >= 15 is 0 Å². The Morgan fingerprint density at radius 2 is 2.11 bits per heavy atom. The second-order valence-corrected chi connectivity index (χ2v) is 4.47. The van der Waals surface area contributed by atoms with E-state index in [2.05, 4.69) is 5.32 Å². The molecular weight excluding hydrogens is 246 g/mol. The molecule has 19 heavy (non-hydrogen) atoms. The highest BCUT2D eigenvalue weighted by molar-refractivity contribution is 5.94. The number of anilines is 1. The minimum absolute atomic E-state index is 0.0262. The molecule has 0 aromatic heterocycles. The van der Waals surface area contributed by atoms with Gasteiger partial charge in [-0.2, -0.15) is 0 Å². The molecule has 5 nitrogen and oxygen atoms in total. The van der Waals surface area contributed by atoms with E-state index in [1.807, 2.05) is 6.92 Å². The van der Waals surface area contributed by atoms with Gasteiger partial charge in [-0.05, 0) is 38.0 Å². The standard InChI is InChI=1S/C14H19NO4/c1-9-4-6-11(8-12(9)14(17)18)15-13(16)7-5-10(2)19-3/h4,6,8,10H,5,7H2,1-3H3,(H,15,16)(H,17,18). The lowest BCUT2D eigenvalue weighted by molar-refractivity contribution is -0.116. The third kappa shape index (κ3) is 4.71. The Morgan fingerprint density at radius 1 is 1.42 bits per heavy atom. The highest BCUT2D eigenvalue weighted by atomic mass is 16.5. The molecule has 1 atom stereocenters. The Morgan fingerprint density at radius 3 is 2.68 bits per heavy atom. The molecule has 0 bridgehead atoms. The van der Waals surface area contributed by atoms with Crippen LogP contribution in [0.4, 0.5) is 5.69 Å². The van der Waals surface area contributed by atoms with Crippen molar-refractivity contribution in [2.75, 3.05) is 12.4 Å². The highest BCUT2D eigenvalue weighted by Crippen LogP contribution is 2.16. The average molecular weight is 265 g/mol. The van der Waals surface area contributed by atoms with Crippen LogP contribution in [0.25, 0.3) is 0 Å². The zero-order valence-corrected chi connectivity index (χ0v) is 11.4. The molecule has 1 aromatic carbocycles. The maximum atomic E-state index is 11.7. The summed E-state index contributed by atoms with van der Waals surface area (Å²) in [7, 11) is 1.60. The second-order valence-electron chi connectivity index (χ2n) is 4.47. The molecule has 1 amide bonds. The maximum absolute atomic E-state index is 11.7. The molecule has 0 aliphatic rings. The van der Waals surface area contributed by atoms with Crippen molar-refractivity contribution in [1.29, 1.82) is 0 Å². The topological polar surface area (TPSA) is 75.6 Å². The van der Waals surface area contributed by atoms with Crippen molar-refractivity contribution in [3.05, 3.63) is 29.3 Å². The van der Waals surface area contributed by atoms with Crippen molar-refractivity contribution in [1.82, 2.24) is 0 Å². The monoisotopic (exact) mass is 265 g/mol. The van der Waals surface area contributed by atoms with Gasteiger partial charge >= 0.3 is 5.97 Å².